The third-order valence-corrected chi connectivity index (χ3v) is 6.95. The number of hydrogen-bond donors (Lipinski definition) is 2. The zero-order valence-corrected chi connectivity index (χ0v) is 20.7. The number of fused-ring (bicyclic) bond motifs is 2. The lowest BCUT2D eigenvalue weighted by Gasteiger charge is -2.27. The highest BCUT2D eigenvalue weighted by Crippen LogP contribution is 2.46. The first-order valence-corrected chi connectivity index (χ1v) is 11.9. The van der Waals surface area contributed by atoms with E-state index in [9.17, 15) is 4.79 Å². The Morgan fingerprint density at radius 3 is 2.59 bits per heavy atom. The summed E-state index contributed by atoms with van der Waals surface area (Å²) in [6.45, 7) is 0.460. The van der Waals surface area contributed by atoms with Crippen molar-refractivity contribution in [2.45, 2.75) is 12.5 Å². The Balaban J connectivity index is 1.44. The molecule has 9 nitrogen and oxygen atoms in total. The van der Waals surface area contributed by atoms with E-state index in [1.807, 2.05) is 59.6 Å². The molecule has 1 aliphatic heterocycles. The summed E-state index contributed by atoms with van der Waals surface area (Å²) in [7, 11) is 4.89. The molecule has 0 spiro atoms. The molecule has 5 aromatic rings. The molecule has 4 heterocycles. The van der Waals surface area contributed by atoms with E-state index in [-0.39, 0.29) is 5.91 Å². The van der Waals surface area contributed by atoms with Gasteiger partial charge in [-0.25, -0.2) is 0 Å². The second-order valence-electron chi connectivity index (χ2n) is 8.82. The number of nitrogens with one attached hydrogen (secondary N) is 2. The number of carbonyl (C=O) groups excluding carboxylic acids is 1. The van der Waals surface area contributed by atoms with Crippen LogP contribution < -0.4 is 14.2 Å². The van der Waals surface area contributed by atoms with Crippen LogP contribution in [0.5, 0.6) is 17.2 Å². The van der Waals surface area contributed by atoms with Gasteiger partial charge in [-0.15, -0.1) is 0 Å². The molecule has 0 aliphatic carbocycles. The molecule has 9 heteroatoms. The van der Waals surface area contributed by atoms with Crippen LogP contribution in [0.25, 0.3) is 22.4 Å². The Morgan fingerprint density at radius 1 is 1.03 bits per heavy atom. The summed E-state index contributed by atoms with van der Waals surface area (Å²) >= 11 is 0. The monoisotopic (exact) mass is 498 g/mol. The molecule has 1 unspecified atom stereocenters. The van der Waals surface area contributed by atoms with Gasteiger partial charge in [0.25, 0.3) is 5.91 Å². The van der Waals surface area contributed by atoms with Gasteiger partial charge in [0.05, 0.1) is 33.6 Å². The van der Waals surface area contributed by atoms with Crippen LogP contribution in [0.1, 0.15) is 33.2 Å². The molecule has 1 atom stereocenters. The van der Waals surface area contributed by atoms with Crippen molar-refractivity contribution in [1.29, 1.82) is 0 Å². The van der Waals surface area contributed by atoms with Gasteiger partial charge in [0.1, 0.15) is 22.9 Å². The number of methoxy groups -OCH3 is 3. The number of nitrogens with zero attached hydrogens (tertiary/aromatic N) is 2. The van der Waals surface area contributed by atoms with Crippen molar-refractivity contribution in [3.63, 3.8) is 0 Å². The summed E-state index contributed by atoms with van der Waals surface area (Å²) in [6.07, 6.45) is 4.22. The number of carbonyl (C=O) groups is 1. The van der Waals surface area contributed by atoms with Gasteiger partial charge in [-0.2, -0.15) is 5.10 Å². The molecule has 2 N–H and O–H groups in total. The normalized spacial score (nSPS) is 14.8. The first-order valence-electron chi connectivity index (χ1n) is 11.9. The molecular formula is C28H26N4O5. The molecular weight excluding hydrogens is 472 g/mol. The molecule has 0 bridgehead atoms. The maximum atomic E-state index is 13.8. The fourth-order valence-corrected chi connectivity index (χ4v) is 5.14. The van der Waals surface area contributed by atoms with Gasteiger partial charge in [-0.3, -0.25) is 9.89 Å². The lowest BCUT2D eigenvalue weighted by Crippen LogP contribution is -2.31. The van der Waals surface area contributed by atoms with Gasteiger partial charge >= 0.3 is 0 Å². The minimum atomic E-state index is -0.453. The summed E-state index contributed by atoms with van der Waals surface area (Å²) < 4.78 is 22.3. The van der Waals surface area contributed by atoms with E-state index in [0.717, 1.165) is 33.3 Å². The molecule has 0 fully saturated rings. The van der Waals surface area contributed by atoms with Gasteiger partial charge in [-0.05, 0) is 60.5 Å². The van der Waals surface area contributed by atoms with Gasteiger partial charge in [-0.1, -0.05) is 0 Å². The van der Waals surface area contributed by atoms with Crippen molar-refractivity contribution in [3.8, 4) is 28.7 Å². The Bertz CT molecular complexity index is 1580. The van der Waals surface area contributed by atoms with E-state index in [1.165, 1.54) is 0 Å². The molecule has 3 aromatic heterocycles. The first kappa shape index (κ1) is 22.8. The van der Waals surface area contributed by atoms with E-state index >= 15 is 0 Å². The maximum Gasteiger partial charge on any atom is 0.275 e. The summed E-state index contributed by atoms with van der Waals surface area (Å²) in [6, 6.07) is 14.7. The predicted molar refractivity (Wildman–Crippen MR) is 137 cm³/mol. The fourth-order valence-electron chi connectivity index (χ4n) is 5.14. The fraction of sp³-hybridized carbons (Fsp3) is 0.214. The highest BCUT2D eigenvalue weighted by atomic mass is 16.5. The quantitative estimate of drug-likeness (QED) is 0.313. The van der Waals surface area contributed by atoms with Crippen LogP contribution >= 0.6 is 0 Å². The third kappa shape index (κ3) is 3.70. The summed E-state index contributed by atoms with van der Waals surface area (Å²) in [5.41, 5.74) is 4.72. The molecule has 0 saturated carbocycles. The summed E-state index contributed by atoms with van der Waals surface area (Å²) in [5, 5.41) is 8.49. The third-order valence-electron chi connectivity index (χ3n) is 6.95. The summed E-state index contributed by atoms with van der Waals surface area (Å²) in [5.74, 6) is 2.56. The van der Waals surface area contributed by atoms with Crippen LogP contribution in [0.3, 0.4) is 0 Å². The van der Waals surface area contributed by atoms with Gasteiger partial charge < -0.3 is 28.5 Å². The molecule has 6 rings (SSSR count). The van der Waals surface area contributed by atoms with Crippen LogP contribution in [-0.4, -0.2) is 53.9 Å². The van der Waals surface area contributed by atoms with Crippen molar-refractivity contribution < 1.29 is 23.4 Å². The standard InChI is InChI=1S/C28H26N4O5/c1-34-17-6-8-21-19(13-17)16(15-29-21)10-11-32-27(20-14-18(35-2)7-9-22(20)36-3)24-25(23-5-4-12-37-23)30-31-26(24)28(32)33/h4-9,12-15,27,29H,10-11H2,1-3H3,(H,30,31). The van der Waals surface area contributed by atoms with Crippen molar-refractivity contribution in [1.82, 2.24) is 20.1 Å². The number of ether oxygens (including phenoxy) is 3. The van der Waals surface area contributed by atoms with E-state index < -0.39 is 6.04 Å². The largest absolute Gasteiger partial charge is 0.497 e. The predicted octanol–water partition coefficient (Wildman–Crippen LogP) is 4.96. The second kappa shape index (κ2) is 9.09. The van der Waals surface area contributed by atoms with Crippen LogP contribution in [-0.2, 0) is 6.42 Å². The van der Waals surface area contributed by atoms with E-state index in [4.69, 9.17) is 18.6 Å². The Hall–Kier alpha value is -4.66. The van der Waals surface area contributed by atoms with Gasteiger partial charge in [0.15, 0.2) is 11.5 Å². The molecule has 0 radical (unpaired) electrons. The molecule has 1 amide bonds. The number of H-pyrrole nitrogens is 2. The van der Waals surface area contributed by atoms with Crippen LogP contribution in [0, 0.1) is 0 Å². The van der Waals surface area contributed by atoms with Gasteiger partial charge in [0.2, 0.25) is 0 Å². The SMILES string of the molecule is COc1ccc(OC)c(C2c3c(n[nH]c3-c3ccco3)C(=O)N2CCc2c[nH]c3ccc(OC)cc23)c1. The topological polar surface area (TPSA) is 106 Å². The first-order chi connectivity index (χ1) is 18.1. The van der Waals surface area contributed by atoms with E-state index in [1.54, 1.807) is 27.6 Å². The zero-order valence-electron chi connectivity index (χ0n) is 20.7. The minimum absolute atomic E-state index is 0.156. The van der Waals surface area contributed by atoms with Crippen molar-refractivity contribution in [2.75, 3.05) is 27.9 Å². The lowest BCUT2D eigenvalue weighted by molar-refractivity contribution is 0.0744. The highest BCUT2D eigenvalue weighted by molar-refractivity contribution is 6.00. The number of amides is 1. The summed E-state index contributed by atoms with van der Waals surface area (Å²) in [4.78, 5) is 18.9. The van der Waals surface area contributed by atoms with Crippen LogP contribution in [0.4, 0.5) is 0 Å². The molecule has 37 heavy (non-hydrogen) atoms. The molecule has 1 aliphatic rings. The lowest BCUT2D eigenvalue weighted by atomic mass is 9.96. The molecule has 188 valence electrons. The minimum Gasteiger partial charge on any atom is -0.497 e. The number of aromatic amines is 2. The highest BCUT2D eigenvalue weighted by Gasteiger charge is 2.44. The number of aromatic nitrogens is 3. The number of hydrogen-bond acceptors (Lipinski definition) is 6. The van der Waals surface area contributed by atoms with Crippen LogP contribution in [0.2, 0.25) is 0 Å². The van der Waals surface area contributed by atoms with E-state index in [2.05, 4.69) is 15.2 Å². The van der Waals surface area contributed by atoms with Crippen molar-refractivity contribution >= 4 is 16.8 Å². The average molecular weight is 499 g/mol. The Kier molecular flexibility index (Phi) is 5.60. The number of rotatable bonds is 8. The number of furan rings is 1. The van der Waals surface area contributed by atoms with Gasteiger partial charge in [0, 0.05) is 34.8 Å². The van der Waals surface area contributed by atoms with E-state index in [0.29, 0.717) is 41.6 Å². The average Bonchev–Trinajstić information content (AvgIpc) is 3.72. The van der Waals surface area contributed by atoms with Crippen molar-refractivity contribution in [2.24, 2.45) is 0 Å². The maximum absolute atomic E-state index is 13.8. The zero-order chi connectivity index (χ0) is 25.5. The number of benzene rings is 2. The second-order valence-corrected chi connectivity index (χ2v) is 8.82. The molecule has 2 aromatic carbocycles. The Morgan fingerprint density at radius 2 is 1.84 bits per heavy atom. The van der Waals surface area contributed by atoms with Crippen molar-refractivity contribution in [3.05, 3.63) is 83.4 Å². The Labute approximate surface area is 212 Å². The van der Waals surface area contributed by atoms with Crippen LogP contribution in [0.15, 0.2) is 65.4 Å². The smallest absolute Gasteiger partial charge is 0.275 e. The molecule has 0 saturated heterocycles.